The van der Waals surface area contributed by atoms with Crippen LogP contribution in [0, 0.1) is 0 Å². The molecule has 1 unspecified atom stereocenters. The number of rotatable bonds is 7. The highest BCUT2D eigenvalue weighted by atomic mass is 16.3. The summed E-state index contributed by atoms with van der Waals surface area (Å²) in [7, 11) is 0. The van der Waals surface area contributed by atoms with Gasteiger partial charge in [-0.25, -0.2) is 0 Å². The van der Waals surface area contributed by atoms with Crippen LogP contribution in [0.2, 0.25) is 0 Å². The van der Waals surface area contributed by atoms with Crippen molar-refractivity contribution in [1.29, 1.82) is 0 Å². The zero-order valence-corrected chi connectivity index (χ0v) is 9.75. The summed E-state index contributed by atoms with van der Waals surface area (Å²) in [5, 5.41) is 9.92. The number of Topliss-reactive ketones (excluding diaryl/α,β-unsaturated/α-hetero) is 2. The first-order chi connectivity index (χ1) is 6.87. The van der Waals surface area contributed by atoms with Crippen LogP contribution in [-0.2, 0) is 9.59 Å². The van der Waals surface area contributed by atoms with Crippen molar-refractivity contribution in [3.05, 3.63) is 0 Å². The topological polar surface area (TPSA) is 80.4 Å². The third-order valence-electron chi connectivity index (χ3n) is 2.77. The Labute approximate surface area is 90.8 Å². The lowest BCUT2D eigenvalue weighted by Gasteiger charge is -2.26. The van der Waals surface area contributed by atoms with Gasteiger partial charge in [0.1, 0.15) is 11.4 Å². The van der Waals surface area contributed by atoms with Gasteiger partial charge in [-0.1, -0.05) is 13.8 Å². The Kier molecular flexibility index (Phi) is 5.68. The van der Waals surface area contributed by atoms with Crippen LogP contribution in [0.4, 0.5) is 0 Å². The van der Waals surface area contributed by atoms with Crippen molar-refractivity contribution in [2.24, 2.45) is 5.73 Å². The predicted octanol–water partition coefficient (Wildman–Crippen LogP) is 0.803. The summed E-state index contributed by atoms with van der Waals surface area (Å²) in [5.41, 5.74) is 4.32. The Morgan fingerprint density at radius 1 is 1.33 bits per heavy atom. The van der Waals surface area contributed by atoms with Gasteiger partial charge in [0.05, 0.1) is 6.04 Å². The normalized spacial score (nSPS) is 13.7. The van der Waals surface area contributed by atoms with Crippen molar-refractivity contribution >= 4 is 11.6 Å². The molecule has 1 atom stereocenters. The molecule has 15 heavy (non-hydrogen) atoms. The van der Waals surface area contributed by atoms with Gasteiger partial charge >= 0.3 is 0 Å². The van der Waals surface area contributed by atoms with Gasteiger partial charge in [-0.05, 0) is 26.2 Å². The van der Waals surface area contributed by atoms with E-state index in [4.69, 9.17) is 5.73 Å². The van der Waals surface area contributed by atoms with Gasteiger partial charge in [-0.15, -0.1) is 0 Å². The lowest BCUT2D eigenvalue weighted by atomic mass is 9.86. The molecule has 88 valence electrons. The summed E-state index contributed by atoms with van der Waals surface area (Å²) in [6.45, 7) is 4.96. The van der Waals surface area contributed by atoms with Gasteiger partial charge in [0.2, 0.25) is 0 Å². The summed E-state index contributed by atoms with van der Waals surface area (Å²) >= 11 is 0. The number of hydrogen-bond acceptors (Lipinski definition) is 4. The predicted molar refractivity (Wildman–Crippen MR) is 58.4 cm³/mol. The maximum atomic E-state index is 11.8. The standard InChI is InChI=1S/C11H21NO3/c1-4-11(15,5-2)10(14)9(12)7-6-8(3)13/h9,15H,4-7,12H2,1-3H3. The summed E-state index contributed by atoms with van der Waals surface area (Å²) in [5.74, 6) is -0.344. The highest BCUT2D eigenvalue weighted by molar-refractivity contribution is 5.92. The fourth-order valence-electron chi connectivity index (χ4n) is 1.43. The summed E-state index contributed by atoms with van der Waals surface area (Å²) in [4.78, 5) is 22.5. The average Bonchev–Trinajstić information content (AvgIpc) is 2.23. The van der Waals surface area contributed by atoms with Crippen LogP contribution in [0.5, 0.6) is 0 Å². The summed E-state index contributed by atoms with van der Waals surface area (Å²) in [6, 6.07) is -0.737. The van der Waals surface area contributed by atoms with Crippen LogP contribution in [0.1, 0.15) is 46.5 Å². The van der Waals surface area contributed by atoms with Crippen LogP contribution in [0.3, 0.4) is 0 Å². The third-order valence-corrected chi connectivity index (χ3v) is 2.77. The van der Waals surface area contributed by atoms with Crippen molar-refractivity contribution in [1.82, 2.24) is 0 Å². The minimum Gasteiger partial charge on any atom is -0.382 e. The minimum absolute atomic E-state index is 0.00906. The van der Waals surface area contributed by atoms with E-state index >= 15 is 0 Å². The molecule has 0 aliphatic heterocycles. The minimum atomic E-state index is -1.32. The Morgan fingerprint density at radius 3 is 2.13 bits per heavy atom. The van der Waals surface area contributed by atoms with Crippen molar-refractivity contribution < 1.29 is 14.7 Å². The van der Waals surface area contributed by atoms with E-state index in [9.17, 15) is 14.7 Å². The number of nitrogens with two attached hydrogens (primary N) is 1. The van der Waals surface area contributed by atoms with Crippen LogP contribution in [0.25, 0.3) is 0 Å². The number of carbonyl (C=O) groups excluding carboxylic acids is 2. The van der Waals surface area contributed by atoms with Crippen molar-refractivity contribution in [3.63, 3.8) is 0 Å². The second kappa shape index (κ2) is 5.98. The van der Waals surface area contributed by atoms with Crippen molar-refractivity contribution in [2.45, 2.75) is 58.1 Å². The lowest BCUT2D eigenvalue weighted by molar-refractivity contribution is -0.139. The van der Waals surface area contributed by atoms with E-state index in [1.807, 2.05) is 0 Å². The molecule has 0 heterocycles. The Bertz CT molecular complexity index is 234. The Hall–Kier alpha value is -0.740. The van der Waals surface area contributed by atoms with E-state index in [2.05, 4.69) is 0 Å². The molecule has 4 nitrogen and oxygen atoms in total. The number of ketones is 2. The van der Waals surface area contributed by atoms with Gasteiger partial charge < -0.3 is 15.6 Å². The molecule has 0 saturated heterocycles. The van der Waals surface area contributed by atoms with E-state index in [1.165, 1.54) is 6.92 Å². The quantitative estimate of drug-likeness (QED) is 0.658. The molecule has 4 heteroatoms. The van der Waals surface area contributed by atoms with E-state index in [0.29, 0.717) is 19.3 Å². The Morgan fingerprint density at radius 2 is 1.80 bits per heavy atom. The van der Waals surface area contributed by atoms with Gasteiger partial charge in [0, 0.05) is 6.42 Å². The fourth-order valence-corrected chi connectivity index (χ4v) is 1.43. The molecule has 0 fully saturated rings. The first kappa shape index (κ1) is 14.3. The molecule has 0 amide bonds. The zero-order chi connectivity index (χ0) is 12.1. The molecule has 0 saturated carbocycles. The molecule has 0 rings (SSSR count). The zero-order valence-electron chi connectivity index (χ0n) is 9.75. The van der Waals surface area contributed by atoms with Gasteiger partial charge in [-0.3, -0.25) is 4.79 Å². The molecular formula is C11H21NO3. The molecule has 0 aliphatic rings. The second-order valence-electron chi connectivity index (χ2n) is 3.95. The van der Waals surface area contributed by atoms with Gasteiger partial charge in [-0.2, -0.15) is 0 Å². The molecule has 0 aliphatic carbocycles. The highest BCUT2D eigenvalue weighted by Gasteiger charge is 2.35. The van der Waals surface area contributed by atoms with E-state index < -0.39 is 11.6 Å². The van der Waals surface area contributed by atoms with Crippen LogP contribution in [-0.4, -0.2) is 28.3 Å². The van der Waals surface area contributed by atoms with E-state index in [-0.39, 0.29) is 18.0 Å². The largest absolute Gasteiger partial charge is 0.382 e. The Balaban J connectivity index is 4.36. The van der Waals surface area contributed by atoms with E-state index in [0.717, 1.165) is 0 Å². The first-order valence-corrected chi connectivity index (χ1v) is 5.39. The molecular weight excluding hydrogens is 194 g/mol. The average molecular weight is 215 g/mol. The molecule has 0 bridgehead atoms. The van der Waals surface area contributed by atoms with Crippen LogP contribution in [0.15, 0.2) is 0 Å². The summed E-state index contributed by atoms with van der Waals surface area (Å²) in [6.07, 6.45) is 1.32. The van der Waals surface area contributed by atoms with Gasteiger partial charge in [0.15, 0.2) is 5.78 Å². The van der Waals surface area contributed by atoms with E-state index in [1.54, 1.807) is 13.8 Å². The maximum Gasteiger partial charge on any atom is 0.180 e. The smallest absolute Gasteiger partial charge is 0.180 e. The highest BCUT2D eigenvalue weighted by Crippen LogP contribution is 2.18. The molecule has 0 spiro atoms. The molecule has 0 aromatic carbocycles. The maximum absolute atomic E-state index is 11.8. The van der Waals surface area contributed by atoms with Crippen LogP contribution < -0.4 is 5.73 Å². The molecule has 0 radical (unpaired) electrons. The number of carbonyl (C=O) groups is 2. The van der Waals surface area contributed by atoms with Gasteiger partial charge in [0.25, 0.3) is 0 Å². The third kappa shape index (κ3) is 4.10. The fraction of sp³-hybridized carbons (Fsp3) is 0.818. The lowest BCUT2D eigenvalue weighted by Crippen LogP contribution is -2.48. The van der Waals surface area contributed by atoms with Crippen LogP contribution >= 0.6 is 0 Å². The molecule has 0 aromatic heterocycles. The summed E-state index contributed by atoms with van der Waals surface area (Å²) < 4.78 is 0. The second-order valence-corrected chi connectivity index (χ2v) is 3.95. The molecule has 3 N–H and O–H groups in total. The number of hydrogen-bond donors (Lipinski definition) is 2. The van der Waals surface area contributed by atoms with Crippen molar-refractivity contribution in [2.75, 3.05) is 0 Å². The molecule has 0 aromatic rings. The monoisotopic (exact) mass is 215 g/mol. The SMILES string of the molecule is CCC(O)(CC)C(=O)C(N)CCC(C)=O. The van der Waals surface area contributed by atoms with Crippen molar-refractivity contribution in [3.8, 4) is 0 Å². The number of aliphatic hydroxyl groups is 1. The first-order valence-electron chi connectivity index (χ1n) is 5.39.